The summed E-state index contributed by atoms with van der Waals surface area (Å²) in [6, 6.07) is 18.8. The van der Waals surface area contributed by atoms with Gasteiger partial charge in [0, 0.05) is 41.5 Å². The molecule has 0 radical (unpaired) electrons. The fourth-order valence-corrected chi connectivity index (χ4v) is 7.20. The first-order valence-corrected chi connectivity index (χ1v) is 15.8. The van der Waals surface area contributed by atoms with Crippen LogP contribution in [0.4, 0.5) is 4.79 Å². The molecular formula is C32H38N4O5S. The highest BCUT2D eigenvalue weighted by atomic mass is 32.2. The molecule has 3 aromatic carbocycles. The lowest BCUT2D eigenvalue weighted by Crippen LogP contribution is -2.46. The van der Waals surface area contributed by atoms with E-state index in [2.05, 4.69) is 9.71 Å². The van der Waals surface area contributed by atoms with Gasteiger partial charge in [-0.05, 0) is 69.0 Å². The molecule has 0 spiro atoms. The van der Waals surface area contributed by atoms with Crippen LogP contribution < -0.4 is 10.5 Å². The zero-order valence-corrected chi connectivity index (χ0v) is 25.0. The molecule has 1 aliphatic heterocycles. The molecule has 222 valence electrons. The molecule has 5 rings (SSSR count). The Morgan fingerprint density at radius 3 is 2.48 bits per heavy atom. The highest BCUT2D eigenvalue weighted by Gasteiger charge is 2.31. The van der Waals surface area contributed by atoms with Gasteiger partial charge in [0.15, 0.2) is 0 Å². The van der Waals surface area contributed by atoms with Crippen molar-refractivity contribution in [2.45, 2.75) is 63.0 Å². The van der Waals surface area contributed by atoms with E-state index in [0.717, 1.165) is 40.4 Å². The van der Waals surface area contributed by atoms with Crippen molar-refractivity contribution in [3.8, 4) is 0 Å². The Hall–Kier alpha value is -3.89. The van der Waals surface area contributed by atoms with Gasteiger partial charge in [-0.1, -0.05) is 54.6 Å². The Morgan fingerprint density at radius 2 is 1.74 bits per heavy atom. The number of nitrogens with two attached hydrogens (primary N) is 1. The lowest BCUT2D eigenvalue weighted by atomic mass is 9.91. The number of aromatic amines is 1. The first kappa shape index (κ1) is 29.6. The smallest absolute Gasteiger partial charge is 0.410 e. The molecule has 0 saturated carbocycles. The number of para-hydroxylation sites is 1. The zero-order valence-electron chi connectivity index (χ0n) is 24.2. The van der Waals surface area contributed by atoms with Gasteiger partial charge in [0.2, 0.25) is 15.9 Å². The summed E-state index contributed by atoms with van der Waals surface area (Å²) in [4.78, 5) is 30.8. The van der Waals surface area contributed by atoms with Gasteiger partial charge in [-0.25, -0.2) is 13.2 Å². The van der Waals surface area contributed by atoms with E-state index in [9.17, 15) is 18.0 Å². The minimum atomic E-state index is -4.08. The van der Waals surface area contributed by atoms with E-state index in [1.54, 1.807) is 23.1 Å². The van der Waals surface area contributed by atoms with E-state index in [1.165, 1.54) is 6.07 Å². The van der Waals surface area contributed by atoms with Crippen LogP contribution in [-0.4, -0.2) is 55.0 Å². The third kappa shape index (κ3) is 6.60. The molecular weight excluding hydrogens is 552 g/mol. The van der Waals surface area contributed by atoms with Gasteiger partial charge in [0.25, 0.3) is 0 Å². The molecule has 0 unspecified atom stereocenters. The van der Waals surface area contributed by atoms with E-state index in [4.69, 9.17) is 10.5 Å². The maximum atomic E-state index is 13.6. The van der Waals surface area contributed by atoms with Crippen LogP contribution in [0.2, 0.25) is 0 Å². The number of carbonyl (C=O) groups excluding carboxylic acids is 2. The topological polar surface area (TPSA) is 135 Å². The SMILES string of the molecule is CC(C)(C)OC(=O)N1CCC[C@@H](Cc2[nH]c3ccccc3c2C[C@@H](NS(=O)(=O)c2cccc3ccccc23)C(N)=O)C1. The van der Waals surface area contributed by atoms with Crippen LogP contribution in [0, 0.1) is 5.92 Å². The second-order valence-corrected chi connectivity index (χ2v) is 13.7. The number of aromatic nitrogens is 1. The average Bonchev–Trinajstić information content (AvgIpc) is 3.28. The summed E-state index contributed by atoms with van der Waals surface area (Å²) in [6.45, 7) is 6.76. The van der Waals surface area contributed by atoms with Crippen LogP contribution in [0.3, 0.4) is 0 Å². The van der Waals surface area contributed by atoms with Crippen molar-refractivity contribution in [2.75, 3.05) is 13.1 Å². The molecule has 10 heteroatoms. The third-order valence-corrected chi connectivity index (χ3v) is 9.18. The number of ether oxygens (including phenoxy) is 1. The van der Waals surface area contributed by atoms with E-state index >= 15 is 0 Å². The number of rotatable bonds is 8. The van der Waals surface area contributed by atoms with Gasteiger partial charge < -0.3 is 20.4 Å². The molecule has 1 aliphatic rings. The first-order chi connectivity index (χ1) is 19.9. The fraction of sp³-hybridized carbons (Fsp3) is 0.375. The summed E-state index contributed by atoms with van der Waals surface area (Å²) in [7, 11) is -4.08. The summed E-state index contributed by atoms with van der Waals surface area (Å²) >= 11 is 0. The minimum absolute atomic E-state index is 0.0845. The Morgan fingerprint density at radius 1 is 1.05 bits per heavy atom. The largest absolute Gasteiger partial charge is 0.444 e. The molecule has 1 fully saturated rings. The van der Waals surface area contributed by atoms with Crippen LogP contribution in [0.25, 0.3) is 21.7 Å². The normalized spacial score (nSPS) is 16.9. The number of sulfonamides is 1. The number of H-pyrrole nitrogens is 1. The van der Waals surface area contributed by atoms with Gasteiger partial charge >= 0.3 is 6.09 Å². The number of likely N-dealkylation sites (tertiary alicyclic amines) is 1. The van der Waals surface area contributed by atoms with Crippen molar-refractivity contribution in [1.82, 2.24) is 14.6 Å². The molecule has 4 aromatic rings. The third-order valence-electron chi connectivity index (χ3n) is 7.65. The number of nitrogens with one attached hydrogen (secondary N) is 2. The monoisotopic (exact) mass is 590 g/mol. The van der Waals surface area contributed by atoms with Crippen molar-refractivity contribution >= 4 is 43.7 Å². The Bertz CT molecular complexity index is 1720. The van der Waals surface area contributed by atoms with Gasteiger partial charge in [-0.3, -0.25) is 4.79 Å². The van der Waals surface area contributed by atoms with Crippen LogP contribution in [0.15, 0.2) is 71.6 Å². The number of piperidine rings is 1. The van der Waals surface area contributed by atoms with Gasteiger partial charge in [-0.15, -0.1) is 0 Å². The van der Waals surface area contributed by atoms with Gasteiger partial charge in [-0.2, -0.15) is 4.72 Å². The van der Waals surface area contributed by atoms with Crippen LogP contribution in [0.1, 0.15) is 44.9 Å². The number of hydrogen-bond acceptors (Lipinski definition) is 5. The fourth-order valence-electron chi connectivity index (χ4n) is 5.76. The first-order valence-electron chi connectivity index (χ1n) is 14.3. The second-order valence-electron chi connectivity index (χ2n) is 12.0. The lowest BCUT2D eigenvalue weighted by molar-refractivity contribution is -0.119. The highest BCUT2D eigenvalue weighted by Crippen LogP contribution is 2.30. The second kappa shape index (κ2) is 11.8. The summed E-state index contributed by atoms with van der Waals surface area (Å²) < 4.78 is 35.3. The van der Waals surface area contributed by atoms with E-state index < -0.39 is 27.6 Å². The summed E-state index contributed by atoms with van der Waals surface area (Å²) in [5.74, 6) is -0.596. The number of primary amides is 1. The lowest BCUT2D eigenvalue weighted by Gasteiger charge is -2.34. The molecule has 4 N–H and O–H groups in total. The molecule has 1 saturated heterocycles. The van der Waals surface area contributed by atoms with Crippen molar-refractivity contribution < 1.29 is 22.7 Å². The van der Waals surface area contributed by atoms with E-state index in [0.29, 0.717) is 24.9 Å². The zero-order chi connectivity index (χ0) is 30.1. The Balaban J connectivity index is 1.41. The van der Waals surface area contributed by atoms with Gasteiger partial charge in [0.1, 0.15) is 11.6 Å². The Kier molecular flexibility index (Phi) is 8.30. The highest BCUT2D eigenvalue weighted by molar-refractivity contribution is 7.89. The number of fused-ring (bicyclic) bond motifs is 2. The van der Waals surface area contributed by atoms with Crippen LogP contribution in [-0.2, 0) is 32.4 Å². The Labute approximate surface area is 246 Å². The number of nitrogens with zero attached hydrogens (tertiary/aromatic N) is 1. The van der Waals surface area contributed by atoms with E-state index in [-0.39, 0.29) is 23.3 Å². The van der Waals surface area contributed by atoms with Crippen molar-refractivity contribution in [2.24, 2.45) is 11.7 Å². The minimum Gasteiger partial charge on any atom is -0.444 e. The predicted octanol–water partition coefficient (Wildman–Crippen LogP) is 4.89. The number of hydrogen-bond donors (Lipinski definition) is 3. The molecule has 0 bridgehead atoms. The predicted molar refractivity (Wildman–Crippen MR) is 163 cm³/mol. The van der Waals surface area contributed by atoms with Crippen molar-refractivity contribution in [1.29, 1.82) is 0 Å². The maximum Gasteiger partial charge on any atom is 0.410 e. The van der Waals surface area contributed by atoms with Crippen molar-refractivity contribution in [3.63, 3.8) is 0 Å². The molecule has 42 heavy (non-hydrogen) atoms. The molecule has 1 aromatic heterocycles. The van der Waals surface area contributed by atoms with Crippen LogP contribution >= 0.6 is 0 Å². The molecule has 2 amide bonds. The van der Waals surface area contributed by atoms with Crippen molar-refractivity contribution in [3.05, 3.63) is 78.0 Å². The molecule has 2 heterocycles. The summed E-state index contributed by atoms with van der Waals surface area (Å²) in [5.41, 5.74) is 7.86. The standard InChI is InChI=1S/C32H38N4O5S/c1-32(2,3)41-31(38)36-17-9-10-21(20-36)18-27-25(24-14-6-7-15-26(24)34-27)19-28(30(33)37)35-42(39,40)29-16-8-12-22-11-4-5-13-23(22)29/h4-8,11-16,21,28,34-35H,9-10,17-20H2,1-3H3,(H2,33,37)/t21-,28+/m0/s1. The molecule has 2 atom stereocenters. The average molecular weight is 591 g/mol. The quantitative estimate of drug-likeness (QED) is 0.269. The van der Waals surface area contributed by atoms with E-state index in [1.807, 2.05) is 63.2 Å². The summed E-state index contributed by atoms with van der Waals surface area (Å²) in [6.07, 6.45) is 2.18. The van der Waals surface area contributed by atoms with Gasteiger partial charge in [0.05, 0.1) is 4.90 Å². The number of benzene rings is 3. The van der Waals surface area contributed by atoms with Crippen LogP contribution in [0.5, 0.6) is 0 Å². The number of carbonyl (C=O) groups is 2. The number of amides is 2. The maximum absolute atomic E-state index is 13.6. The molecule has 9 nitrogen and oxygen atoms in total. The molecule has 0 aliphatic carbocycles. The summed E-state index contributed by atoms with van der Waals surface area (Å²) in [5, 5.41) is 2.25.